The SMILES string of the molecule is c1ccc2c(N3C4CC5CC3CC(C4)N5)c[nH]c2c1. The summed E-state index contributed by atoms with van der Waals surface area (Å²) in [6.45, 7) is 0. The second-order valence-corrected chi connectivity index (χ2v) is 6.44. The van der Waals surface area contributed by atoms with Gasteiger partial charge in [-0.05, 0) is 31.7 Å². The Bertz CT molecular complexity index is 602. The minimum absolute atomic E-state index is 0.753. The summed E-state index contributed by atoms with van der Waals surface area (Å²) >= 11 is 0. The molecule has 1 aromatic carbocycles. The first-order chi connectivity index (χ1) is 9.38. The van der Waals surface area contributed by atoms with Crippen LogP contribution in [0.25, 0.3) is 10.9 Å². The Morgan fingerprint density at radius 3 is 2.37 bits per heavy atom. The van der Waals surface area contributed by atoms with Crippen LogP contribution in [0.1, 0.15) is 25.7 Å². The zero-order valence-electron chi connectivity index (χ0n) is 11.0. The predicted molar refractivity (Wildman–Crippen MR) is 77.5 cm³/mol. The predicted octanol–water partition coefficient (Wildman–Crippen LogP) is 2.64. The van der Waals surface area contributed by atoms with Gasteiger partial charge in [0, 0.05) is 41.3 Å². The van der Waals surface area contributed by atoms with Gasteiger partial charge in [-0.3, -0.25) is 0 Å². The number of nitrogens with zero attached hydrogens (tertiary/aromatic N) is 1. The van der Waals surface area contributed by atoms with E-state index in [1.807, 2.05) is 0 Å². The van der Waals surface area contributed by atoms with Gasteiger partial charge < -0.3 is 15.2 Å². The van der Waals surface area contributed by atoms with Crippen LogP contribution in [0, 0.1) is 0 Å². The number of H-pyrrole nitrogens is 1. The molecule has 4 aliphatic rings. The fourth-order valence-electron chi connectivity index (χ4n) is 4.72. The number of fused-ring (bicyclic) bond motifs is 1. The number of aromatic nitrogens is 1. The standard InChI is InChI=1S/C16H19N3/c1-2-4-15-14(3-1)16(9-17-15)19-12-5-10-6-13(19)8-11(7-12)18-10/h1-4,9-13,17-18H,5-8H2. The van der Waals surface area contributed by atoms with Crippen LogP contribution >= 0.6 is 0 Å². The molecule has 0 unspecified atom stereocenters. The number of benzene rings is 1. The molecule has 0 radical (unpaired) electrons. The quantitative estimate of drug-likeness (QED) is 0.818. The highest BCUT2D eigenvalue weighted by Crippen LogP contribution is 2.43. The van der Waals surface area contributed by atoms with Crippen LogP contribution in [-0.4, -0.2) is 29.2 Å². The van der Waals surface area contributed by atoms with Gasteiger partial charge in [0.15, 0.2) is 0 Å². The number of hydrogen-bond donors (Lipinski definition) is 2. The van der Waals surface area contributed by atoms with Crippen molar-refractivity contribution in [3.05, 3.63) is 30.5 Å². The van der Waals surface area contributed by atoms with Gasteiger partial charge in [-0.25, -0.2) is 0 Å². The molecule has 4 bridgehead atoms. The van der Waals surface area contributed by atoms with E-state index in [4.69, 9.17) is 0 Å². The van der Waals surface area contributed by atoms with Gasteiger partial charge in [-0.2, -0.15) is 0 Å². The van der Waals surface area contributed by atoms with Crippen molar-refractivity contribution in [1.82, 2.24) is 10.3 Å². The Hall–Kier alpha value is -1.48. The Labute approximate surface area is 113 Å². The van der Waals surface area contributed by atoms with Gasteiger partial charge in [0.2, 0.25) is 0 Å². The number of aromatic amines is 1. The van der Waals surface area contributed by atoms with E-state index in [2.05, 4.69) is 45.7 Å². The van der Waals surface area contributed by atoms with Gasteiger partial charge >= 0.3 is 0 Å². The zero-order chi connectivity index (χ0) is 12.4. The van der Waals surface area contributed by atoms with Crippen LogP contribution in [-0.2, 0) is 0 Å². The van der Waals surface area contributed by atoms with Crippen molar-refractivity contribution in [2.24, 2.45) is 0 Å². The lowest BCUT2D eigenvalue weighted by Crippen LogP contribution is -2.67. The minimum Gasteiger partial charge on any atom is -0.364 e. The van der Waals surface area contributed by atoms with Crippen molar-refractivity contribution in [2.45, 2.75) is 49.9 Å². The molecule has 0 amide bonds. The molecule has 0 saturated carbocycles. The van der Waals surface area contributed by atoms with E-state index in [9.17, 15) is 0 Å². The molecule has 4 saturated heterocycles. The largest absolute Gasteiger partial charge is 0.364 e. The number of para-hydroxylation sites is 1. The minimum atomic E-state index is 0.753. The second-order valence-electron chi connectivity index (χ2n) is 6.44. The third-order valence-corrected chi connectivity index (χ3v) is 5.33. The highest BCUT2D eigenvalue weighted by atomic mass is 15.3. The van der Waals surface area contributed by atoms with E-state index in [-0.39, 0.29) is 0 Å². The van der Waals surface area contributed by atoms with Gasteiger partial charge in [-0.1, -0.05) is 18.2 Å². The van der Waals surface area contributed by atoms with Gasteiger partial charge in [0.05, 0.1) is 5.69 Å². The monoisotopic (exact) mass is 253 g/mol. The fourth-order valence-corrected chi connectivity index (χ4v) is 4.72. The lowest BCUT2D eigenvalue weighted by Gasteiger charge is -2.57. The molecular formula is C16H19N3. The van der Waals surface area contributed by atoms with Crippen molar-refractivity contribution in [3.63, 3.8) is 0 Å². The van der Waals surface area contributed by atoms with E-state index in [0.717, 1.165) is 24.2 Å². The maximum absolute atomic E-state index is 3.78. The Balaban J connectivity index is 1.62. The fraction of sp³-hybridized carbons (Fsp3) is 0.500. The molecule has 4 aliphatic heterocycles. The third-order valence-electron chi connectivity index (χ3n) is 5.33. The molecule has 19 heavy (non-hydrogen) atoms. The summed E-state index contributed by atoms with van der Waals surface area (Å²) in [5, 5.41) is 5.17. The highest BCUT2D eigenvalue weighted by Gasteiger charge is 2.47. The van der Waals surface area contributed by atoms with Crippen molar-refractivity contribution >= 4 is 16.6 Å². The molecular weight excluding hydrogens is 234 g/mol. The molecule has 6 rings (SSSR count). The van der Waals surface area contributed by atoms with Gasteiger partial charge in [0.25, 0.3) is 0 Å². The number of piperidine rings is 4. The van der Waals surface area contributed by atoms with Gasteiger partial charge in [0.1, 0.15) is 0 Å². The van der Waals surface area contributed by atoms with Crippen molar-refractivity contribution < 1.29 is 0 Å². The Morgan fingerprint density at radius 1 is 0.947 bits per heavy atom. The van der Waals surface area contributed by atoms with Crippen LogP contribution in [0.3, 0.4) is 0 Å². The average Bonchev–Trinajstić information content (AvgIpc) is 2.82. The zero-order valence-corrected chi connectivity index (χ0v) is 11.0. The van der Waals surface area contributed by atoms with E-state index in [1.54, 1.807) is 0 Å². The lowest BCUT2D eigenvalue weighted by molar-refractivity contribution is 0.135. The van der Waals surface area contributed by atoms with Crippen molar-refractivity contribution in [2.75, 3.05) is 4.90 Å². The van der Waals surface area contributed by atoms with Crippen LogP contribution < -0.4 is 10.2 Å². The average molecular weight is 253 g/mol. The maximum Gasteiger partial charge on any atom is 0.0628 e. The summed E-state index contributed by atoms with van der Waals surface area (Å²) in [7, 11) is 0. The summed E-state index contributed by atoms with van der Waals surface area (Å²) in [5.41, 5.74) is 2.70. The van der Waals surface area contributed by atoms with Crippen LogP contribution in [0.5, 0.6) is 0 Å². The summed E-state index contributed by atoms with van der Waals surface area (Å²) in [6, 6.07) is 11.8. The number of anilines is 1. The molecule has 3 heteroatoms. The first kappa shape index (κ1) is 10.3. The van der Waals surface area contributed by atoms with E-state index >= 15 is 0 Å². The molecule has 2 aromatic rings. The smallest absolute Gasteiger partial charge is 0.0628 e. The summed E-state index contributed by atoms with van der Waals surface area (Å²) < 4.78 is 0. The molecule has 98 valence electrons. The molecule has 2 N–H and O–H groups in total. The summed E-state index contributed by atoms with van der Waals surface area (Å²) in [5.74, 6) is 0. The molecule has 5 heterocycles. The molecule has 1 aromatic heterocycles. The first-order valence-electron chi connectivity index (χ1n) is 7.49. The Kier molecular flexibility index (Phi) is 1.92. The maximum atomic E-state index is 3.78. The lowest BCUT2D eigenvalue weighted by atomic mass is 9.74. The molecule has 3 nitrogen and oxygen atoms in total. The first-order valence-corrected chi connectivity index (χ1v) is 7.49. The number of nitrogens with one attached hydrogen (secondary N) is 2. The number of rotatable bonds is 1. The van der Waals surface area contributed by atoms with E-state index < -0.39 is 0 Å². The van der Waals surface area contributed by atoms with E-state index in [0.29, 0.717) is 0 Å². The molecule has 4 fully saturated rings. The normalized spacial score (nSPS) is 36.3. The Morgan fingerprint density at radius 2 is 1.63 bits per heavy atom. The summed E-state index contributed by atoms with van der Waals surface area (Å²) in [4.78, 5) is 6.17. The number of hydrogen-bond acceptors (Lipinski definition) is 2. The molecule has 0 atom stereocenters. The van der Waals surface area contributed by atoms with Crippen molar-refractivity contribution in [1.29, 1.82) is 0 Å². The molecule has 0 spiro atoms. The van der Waals surface area contributed by atoms with Crippen LogP contribution in [0.4, 0.5) is 5.69 Å². The van der Waals surface area contributed by atoms with Gasteiger partial charge in [-0.15, -0.1) is 0 Å². The molecule has 0 aliphatic carbocycles. The summed E-state index contributed by atoms with van der Waals surface area (Å²) in [6.07, 6.45) is 7.53. The topological polar surface area (TPSA) is 31.1 Å². The van der Waals surface area contributed by atoms with Crippen LogP contribution in [0.2, 0.25) is 0 Å². The second kappa shape index (κ2) is 3.54. The van der Waals surface area contributed by atoms with Crippen LogP contribution in [0.15, 0.2) is 30.5 Å². The highest BCUT2D eigenvalue weighted by molar-refractivity contribution is 5.93. The van der Waals surface area contributed by atoms with E-state index in [1.165, 1.54) is 42.3 Å². The third kappa shape index (κ3) is 1.36. The van der Waals surface area contributed by atoms with Crippen molar-refractivity contribution in [3.8, 4) is 0 Å².